The molecule has 0 aliphatic rings. The van der Waals surface area contributed by atoms with E-state index in [1.54, 1.807) is 0 Å². The molecule has 0 fully saturated rings. The average Bonchev–Trinajstić information content (AvgIpc) is 2.59. The molecule has 0 unspecified atom stereocenters. The fourth-order valence-corrected chi connectivity index (χ4v) is 2.20. The summed E-state index contributed by atoms with van der Waals surface area (Å²) in [6, 6.07) is 4.44. The van der Waals surface area contributed by atoms with Crippen LogP contribution in [0, 0.1) is 20.8 Å². The van der Waals surface area contributed by atoms with Crippen molar-refractivity contribution in [3.63, 3.8) is 0 Å². The van der Waals surface area contributed by atoms with Gasteiger partial charge in [0.15, 0.2) is 0 Å². The summed E-state index contributed by atoms with van der Waals surface area (Å²) in [5, 5.41) is 4.56. The first-order chi connectivity index (χ1) is 7.65. The van der Waals surface area contributed by atoms with Gasteiger partial charge < -0.3 is 10.3 Å². The molecule has 0 atom stereocenters. The molecule has 2 nitrogen and oxygen atoms in total. The molecule has 0 bridgehead atoms. The van der Waals surface area contributed by atoms with Gasteiger partial charge in [0, 0.05) is 29.6 Å². The molecular weight excluding hydrogens is 196 g/mol. The number of H-pyrrole nitrogens is 1. The van der Waals surface area contributed by atoms with Crippen molar-refractivity contribution in [2.45, 2.75) is 27.2 Å². The SMILES string of the molecule is CNCCc1[nH]c2c(C)c(C)ccc2c1C. The molecule has 2 N–H and O–H groups in total. The van der Waals surface area contributed by atoms with Gasteiger partial charge in [-0.3, -0.25) is 0 Å². The number of hydrogen-bond donors (Lipinski definition) is 2. The van der Waals surface area contributed by atoms with Gasteiger partial charge in [-0.25, -0.2) is 0 Å². The highest BCUT2D eigenvalue weighted by atomic mass is 14.8. The molecule has 0 radical (unpaired) electrons. The first-order valence-electron chi connectivity index (χ1n) is 5.87. The van der Waals surface area contributed by atoms with Crippen molar-refractivity contribution in [2.24, 2.45) is 0 Å². The first-order valence-corrected chi connectivity index (χ1v) is 5.87. The molecule has 1 aromatic carbocycles. The van der Waals surface area contributed by atoms with E-state index in [0.29, 0.717) is 0 Å². The van der Waals surface area contributed by atoms with Crippen LogP contribution >= 0.6 is 0 Å². The van der Waals surface area contributed by atoms with E-state index in [1.807, 2.05) is 7.05 Å². The Bertz CT molecular complexity index is 509. The van der Waals surface area contributed by atoms with E-state index in [4.69, 9.17) is 0 Å². The van der Waals surface area contributed by atoms with E-state index in [2.05, 4.69) is 43.2 Å². The Hall–Kier alpha value is -1.28. The van der Waals surface area contributed by atoms with E-state index in [1.165, 1.54) is 33.3 Å². The van der Waals surface area contributed by atoms with Crippen LogP contribution in [-0.2, 0) is 6.42 Å². The van der Waals surface area contributed by atoms with Crippen molar-refractivity contribution in [1.29, 1.82) is 0 Å². The number of aromatic nitrogens is 1. The molecule has 0 saturated carbocycles. The summed E-state index contributed by atoms with van der Waals surface area (Å²) in [6.45, 7) is 7.58. The maximum atomic E-state index is 3.57. The van der Waals surface area contributed by atoms with Crippen molar-refractivity contribution in [3.05, 3.63) is 34.5 Å². The standard InChI is InChI=1S/C14H20N2/c1-9-5-6-12-11(3)13(7-8-15-4)16-14(12)10(9)2/h5-6,15-16H,7-8H2,1-4H3. The van der Waals surface area contributed by atoms with Crippen molar-refractivity contribution < 1.29 is 0 Å². The van der Waals surface area contributed by atoms with E-state index in [-0.39, 0.29) is 0 Å². The molecule has 2 heteroatoms. The molecule has 16 heavy (non-hydrogen) atoms. The first kappa shape index (κ1) is 11.2. The minimum absolute atomic E-state index is 1.02. The van der Waals surface area contributed by atoms with Crippen LogP contribution in [0.3, 0.4) is 0 Å². The highest BCUT2D eigenvalue weighted by Crippen LogP contribution is 2.26. The number of hydrogen-bond acceptors (Lipinski definition) is 1. The Morgan fingerprint density at radius 1 is 1.12 bits per heavy atom. The van der Waals surface area contributed by atoms with Crippen LogP contribution in [0.5, 0.6) is 0 Å². The lowest BCUT2D eigenvalue weighted by Crippen LogP contribution is -2.10. The summed E-state index contributed by atoms with van der Waals surface area (Å²) >= 11 is 0. The molecule has 2 aromatic rings. The highest BCUT2D eigenvalue weighted by molar-refractivity contribution is 5.87. The Labute approximate surface area is 97.1 Å². The minimum Gasteiger partial charge on any atom is -0.358 e. The van der Waals surface area contributed by atoms with Crippen molar-refractivity contribution in [2.75, 3.05) is 13.6 Å². The van der Waals surface area contributed by atoms with Gasteiger partial charge in [0.05, 0.1) is 0 Å². The summed E-state index contributed by atoms with van der Waals surface area (Å²) in [7, 11) is 1.99. The maximum Gasteiger partial charge on any atom is 0.0491 e. The van der Waals surface area contributed by atoms with Gasteiger partial charge in [-0.2, -0.15) is 0 Å². The molecule has 1 heterocycles. The quantitative estimate of drug-likeness (QED) is 0.811. The predicted molar refractivity (Wildman–Crippen MR) is 70.1 cm³/mol. The fourth-order valence-electron chi connectivity index (χ4n) is 2.20. The number of benzene rings is 1. The lowest BCUT2D eigenvalue weighted by atomic mass is 10.0. The average molecular weight is 216 g/mol. The smallest absolute Gasteiger partial charge is 0.0491 e. The Kier molecular flexibility index (Phi) is 3.01. The second-order valence-electron chi connectivity index (χ2n) is 4.51. The normalized spacial score (nSPS) is 11.2. The molecule has 0 amide bonds. The van der Waals surface area contributed by atoms with Gasteiger partial charge in [-0.15, -0.1) is 0 Å². The summed E-state index contributed by atoms with van der Waals surface area (Å²) in [6.07, 6.45) is 1.06. The zero-order chi connectivity index (χ0) is 11.7. The Morgan fingerprint density at radius 2 is 1.88 bits per heavy atom. The van der Waals surface area contributed by atoms with Crippen molar-refractivity contribution in [1.82, 2.24) is 10.3 Å². The molecule has 2 rings (SSSR count). The van der Waals surface area contributed by atoms with E-state index >= 15 is 0 Å². The monoisotopic (exact) mass is 216 g/mol. The largest absolute Gasteiger partial charge is 0.358 e. The van der Waals surface area contributed by atoms with Gasteiger partial charge in [0.25, 0.3) is 0 Å². The molecule has 0 saturated heterocycles. The molecular formula is C14H20N2. The zero-order valence-corrected chi connectivity index (χ0v) is 10.6. The zero-order valence-electron chi connectivity index (χ0n) is 10.6. The van der Waals surface area contributed by atoms with Gasteiger partial charge in [0.2, 0.25) is 0 Å². The second kappa shape index (κ2) is 4.30. The van der Waals surface area contributed by atoms with E-state index in [0.717, 1.165) is 13.0 Å². The third-order valence-electron chi connectivity index (χ3n) is 3.49. The Morgan fingerprint density at radius 3 is 2.56 bits per heavy atom. The van der Waals surface area contributed by atoms with Crippen LogP contribution in [0.1, 0.15) is 22.4 Å². The van der Waals surface area contributed by atoms with Crippen LogP contribution in [0.25, 0.3) is 10.9 Å². The number of nitrogens with one attached hydrogen (secondary N) is 2. The van der Waals surface area contributed by atoms with Crippen LogP contribution in [0.4, 0.5) is 0 Å². The molecule has 0 aliphatic carbocycles. The number of likely N-dealkylation sites (N-methyl/N-ethyl adjacent to an activating group) is 1. The third kappa shape index (κ3) is 1.74. The van der Waals surface area contributed by atoms with Crippen LogP contribution in [0.2, 0.25) is 0 Å². The van der Waals surface area contributed by atoms with Gasteiger partial charge in [-0.05, 0) is 44.5 Å². The van der Waals surface area contributed by atoms with Gasteiger partial charge >= 0.3 is 0 Å². The summed E-state index contributed by atoms with van der Waals surface area (Å²) in [5.74, 6) is 0. The molecule has 86 valence electrons. The summed E-state index contributed by atoms with van der Waals surface area (Å²) in [5.41, 5.74) is 6.79. The highest BCUT2D eigenvalue weighted by Gasteiger charge is 2.09. The van der Waals surface area contributed by atoms with Gasteiger partial charge in [-0.1, -0.05) is 12.1 Å². The molecule has 1 aromatic heterocycles. The number of aryl methyl sites for hydroxylation is 3. The molecule has 0 aliphatic heterocycles. The van der Waals surface area contributed by atoms with Crippen LogP contribution < -0.4 is 5.32 Å². The third-order valence-corrected chi connectivity index (χ3v) is 3.49. The number of aromatic amines is 1. The Balaban J connectivity index is 2.54. The van der Waals surface area contributed by atoms with E-state index in [9.17, 15) is 0 Å². The topological polar surface area (TPSA) is 27.8 Å². The van der Waals surface area contributed by atoms with E-state index < -0.39 is 0 Å². The van der Waals surface area contributed by atoms with Crippen molar-refractivity contribution in [3.8, 4) is 0 Å². The minimum atomic E-state index is 1.02. The lowest BCUT2D eigenvalue weighted by Gasteiger charge is -2.00. The number of rotatable bonds is 3. The summed E-state index contributed by atoms with van der Waals surface area (Å²) < 4.78 is 0. The lowest BCUT2D eigenvalue weighted by molar-refractivity contribution is 0.778. The fraction of sp³-hybridized carbons (Fsp3) is 0.429. The van der Waals surface area contributed by atoms with Crippen LogP contribution in [-0.4, -0.2) is 18.6 Å². The molecule has 0 spiro atoms. The maximum absolute atomic E-state index is 3.57. The number of fused-ring (bicyclic) bond motifs is 1. The predicted octanol–water partition coefficient (Wildman–Crippen LogP) is 2.86. The summed E-state index contributed by atoms with van der Waals surface area (Å²) in [4.78, 5) is 3.57. The van der Waals surface area contributed by atoms with Crippen LogP contribution in [0.15, 0.2) is 12.1 Å². The van der Waals surface area contributed by atoms with Gasteiger partial charge in [0.1, 0.15) is 0 Å². The van der Waals surface area contributed by atoms with Crippen molar-refractivity contribution >= 4 is 10.9 Å². The second-order valence-corrected chi connectivity index (χ2v) is 4.51.